The fraction of sp³-hybridized carbons (Fsp3) is 0.515. The van der Waals surface area contributed by atoms with Crippen LogP contribution in [0.5, 0.6) is 11.5 Å². The number of hydrogen-bond donors (Lipinski definition) is 11. The number of carbonyl (C=O) groups is 4. The van der Waals surface area contributed by atoms with Crippen molar-refractivity contribution >= 4 is 85.7 Å². The van der Waals surface area contributed by atoms with E-state index in [1.807, 2.05) is 0 Å². The molecule has 5 atom stereocenters. The Morgan fingerprint density at radius 1 is 0.792 bits per heavy atom. The number of nitrogens with two attached hydrogens (primary N) is 5. The number of fused-ring (bicyclic) bond motifs is 5. The van der Waals surface area contributed by atoms with Crippen molar-refractivity contribution in [1.82, 2.24) is 21.3 Å². The Kier molecular flexibility index (Phi) is 28.5. The summed E-state index contributed by atoms with van der Waals surface area (Å²) in [7, 11) is 0. The Morgan fingerprint density at radius 2 is 1.36 bits per heavy atom. The van der Waals surface area contributed by atoms with E-state index in [4.69, 9.17) is 28.7 Å². The van der Waals surface area contributed by atoms with E-state index in [9.17, 15) is 29.4 Å². The second-order valence-corrected chi connectivity index (χ2v) is 12.2. The van der Waals surface area contributed by atoms with Gasteiger partial charge in [-0.25, -0.2) is 0 Å². The lowest BCUT2D eigenvalue weighted by atomic mass is 9.95. The van der Waals surface area contributed by atoms with Gasteiger partial charge in [-0.2, -0.15) is 0 Å². The number of halogens is 5. The molecular weight excluding hydrogens is 796 g/mol. The molecule has 1 aliphatic heterocycles. The van der Waals surface area contributed by atoms with Crippen LogP contribution in [-0.2, 0) is 32.0 Å². The van der Waals surface area contributed by atoms with Gasteiger partial charge in [0.1, 0.15) is 23.6 Å². The molecule has 0 aliphatic carbocycles. The molecule has 0 aromatic heterocycles. The molecule has 15 nitrogen and oxygen atoms in total. The zero-order chi connectivity index (χ0) is 35.2. The van der Waals surface area contributed by atoms with Crippen LogP contribution >= 0.6 is 62.0 Å². The van der Waals surface area contributed by atoms with Crippen molar-refractivity contribution in [2.24, 2.45) is 28.7 Å². The summed E-state index contributed by atoms with van der Waals surface area (Å²) in [5, 5.41) is 32.4. The van der Waals surface area contributed by atoms with E-state index >= 15 is 0 Å². The molecule has 4 amide bonds. The van der Waals surface area contributed by atoms with E-state index in [0.29, 0.717) is 41.6 Å². The molecule has 20 heteroatoms. The lowest BCUT2D eigenvalue weighted by Crippen LogP contribution is -2.57. The maximum absolute atomic E-state index is 13.8. The predicted octanol–water partition coefficient (Wildman–Crippen LogP) is 0.414. The van der Waals surface area contributed by atoms with Gasteiger partial charge in [-0.05, 0) is 98.3 Å². The molecule has 2 aromatic rings. The van der Waals surface area contributed by atoms with Crippen molar-refractivity contribution in [2.75, 3.05) is 26.2 Å². The third-order valence-corrected chi connectivity index (χ3v) is 8.29. The second-order valence-electron chi connectivity index (χ2n) is 12.2. The molecule has 1 unspecified atom stereocenters. The minimum absolute atomic E-state index is 0. The fourth-order valence-corrected chi connectivity index (χ4v) is 5.51. The normalized spacial score (nSPS) is 17.7. The fourth-order valence-electron chi connectivity index (χ4n) is 5.51. The van der Waals surface area contributed by atoms with Gasteiger partial charge in [0.25, 0.3) is 0 Å². The standard InChI is InChI=1S/C33H51N9O6.5ClH/c34-10-1-3-23(37)18-39-30(45)17-24(9-12-36)40-33(48)27-16-22-14-20(6-8-29(22)44)19-5-7-28(43)21(13-19)15-25(38)31(46)41-26(4-2-11-35)32(47)42-27;;;;;/h5-8,13-14,23-27,43-44H,1-4,9-12,15-18,34-38H2,(H,39,45)(H,40,48)(H,41,46)(H,42,47);5*1H/t23-,24?,25-,26-,27-;;;;;/m0...../s1. The minimum Gasteiger partial charge on any atom is -0.508 e. The Bertz CT molecular complexity index is 1430. The molecule has 53 heavy (non-hydrogen) atoms. The summed E-state index contributed by atoms with van der Waals surface area (Å²) in [4.78, 5) is 53.4. The van der Waals surface area contributed by atoms with Gasteiger partial charge >= 0.3 is 0 Å². The van der Waals surface area contributed by atoms with Crippen LogP contribution in [0.4, 0.5) is 0 Å². The number of benzene rings is 2. The molecule has 0 saturated heterocycles. The third kappa shape index (κ3) is 17.5. The van der Waals surface area contributed by atoms with Crippen LogP contribution in [-0.4, -0.2) is 90.2 Å². The summed E-state index contributed by atoms with van der Waals surface area (Å²) >= 11 is 0. The number of hydrogen-bond acceptors (Lipinski definition) is 11. The highest BCUT2D eigenvalue weighted by molar-refractivity contribution is 5.93. The van der Waals surface area contributed by atoms with Crippen LogP contribution in [0.1, 0.15) is 49.7 Å². The van der Waals surface area contributed by atoms with E-state index in [1.54, 1.807) is 24.3 Å². The van der Waals surface area contributed by atoms with Gasteiger partial charge in [-0.1, -0.05) is 12.1 Å². The van der Waals surface area contributed by atoms with Crippen LogP contribution in [0, 0.1) is 0 Å². The molecule has 16 N–H and O–H groups in total. The molecule has 1 aliphatic rings. The first-order chi connectivity index (χ1) is 22.9. The number of amides is 4. The van der Waals surface area contributed by atoms with E-state index in [2.05, 4.69) is 21.3 Å². The number of phenolic OH excluding ortho intramolecular Hbond substituents is 2. The smallest absolute Gasteiger partial charge is 0.243 e. The van der Waals surface area contributed by atoms with Crippen molar-refractivity contribution in [3.63, 3.8) is 0 Å². The van der Waals surface area contributed by atoms with E-state index < -0.39 is 41.9 Å². The average molecular weight is 852 g/mol. The van der Waals surface area contributed by atoms with Gasteiger partial charge in [0.05, 0.1) is 6.04 Å². The van der Waals surface area contributed by atoms with Gasteiger partial charge in [0, 0.05) is 37.9 Å². The molecule has 2 aromatic carbocycles. The molecule has 0 saturated carbocycles. The van der Waals surface area contributed by atoms with E-state index in [1.165, 1.54) is 12.1 Å². The summed E-state index contributed by atoms with van der Waals surface area (Å²) in [6.07, 6.45) is 1.99. The Labute approximate surface area is 341 Å². The highest BCUT2D eigenvalue weighted by Crippen LogP contribution is 2.31. The molecule has 1 heterocycles. The molecule has 3 rings (SSSR count). The van der Waals surface area contributed by atoms with Gasteiger partial charge in [0.2, 0.25) is 23.6 Å². The lowest BCUT2D eigenvalue weighted by Gasteiger charge is -2.26. The molecule has 304 valence electrons. The van der Waals surface area contributed by atoms with Crippen LogP contribution in [0.2, 0.25) is 0 Å². The van der Waals surface area contributed by atoms with Crippen LogP contribution in [0.25, 0.3) is 11.1 Å². The van der Waals surface area contributed by atoms with Gasteiger partial charge < -0.3 is 60.1 Å². The largest absolute Gasteiger partial charge is 0.508 e. The number of carbonyl (C=O) groups excluding carboxylic acids is 4. The monoisotopic (exact) mass is 849 g/mol. The zero-order valence-electron chi connectivity index (χ0n) is 29.3. The molecule has 0 radical (unpaired) electrons. The van der Waals surface area contributed by atoms with Crippen molar-refractivity contribution in [1.29, 1.82) is 0 Å². The summed E-state index contributed by atoms with van der Waals surface area (Å²) < 4.78 is 0. The Hall–Kier alpha value is -2.83. The van der Waals surface area contributed by atoms with Crippen molar-refractivity contribution in [2.45, 2.75) is 81.6 Å². The van der Waals surface area contributed by atoms with Crippen LogP contribution < -0.4 is 49.9 Å². The van der Waals surface area contributed by atoms with Gasteiger partial charge in [-0.3, -0.25) is 19.2 Å². The van der Waals surface area contributed by atoms with Crippen LogP contribution in [0.15, 0.2) is 36.4 Å². The van der Waals surface area contributed by atoms with Crippen LogP contribution in [0.3, 0.4) is 0 Å². The maximum Gasteiger partial charge on any atom is 0.243 e. The highest BCUT2D eigenvalue weighted by Gasteiger charge is 2.31. The first-order valence-corrected chi connectivity index (χ1v) is 16.4. The third-order valence-electron chi connectivity index (χ3n) is 8.29. The second kappa shape index (κ2) is 27.7. The van der Waals surface area contributed by atoms with E-state index in [-0.39, 0.29) is 137 Å². The molecule has 0 spiro atoms. The SMILES string of the molecule is Cl.Cl.Cl.Cl.Cl.NCCC[C@H](N)CNC(=O)CC(CCN)NC(=O)[C@@H]1Cc2cc(ccc2O)-c2ccc(O)c(c2)C[C@H](N)C(=O)N[C@@H](CCCN)C(=O)N1. The topological polar surface area (TPSA) is 287 Å². The zero-order valence-corrected chi connectivity index (χ0v) is 33.4. The summed E-state index contributed by atoms with van der Waals surface area (Å²) in [6, 6.07) is 5.38. The van der Waals surface area contributed by atoms with Crippen molar-refractivity contribution in [3.05, 3.63) is 47.5 Å². The van der Waals surface area contributed by atoms with Gasteiger partial charge in [-0.15, -0.1) is 62.0 Å². The highest BCUT2D eigenvalue weighted by atomic mass is 35.5. The number of aromatic hydroxyl groups is 2. The van der Waals surface area contributed by atoms with E-state index in [0.717, 1.165) is 6.42 Å². The lowest BCUT2D eigenvalue weighted by molar-refractivity contribution is -0.133. The summed E-state index contributed by atoms with van der Waals surface area (Å²) in [6.45, 7) is 1.17. The Morgan fingerprint density at radius 3 is 1.91 bits per heavy atom. The molecule has 0 fully saturated rings. The number of rotatable bonds is 14. The number of phenols is 2. The van der Waals surface area contributed by atoms with Gasteiger partial charge in [0.15, 0.2) is 0 Å². The minimum atomic E-state index is -1.22. The average Bonchev–Trinajstić information content (AvgIpc) is 3.05. The summed E-state index contributed by atoms with van der Waals surface area (Å²) in [5.41, 5.74) is 31.4. The number of nitrogens with one attached hydrogen (secondary N) is 4. The first kappa shape index (κ1) is 54.5. The van der Waals surface area contributed by atoms with Crippen molar-refractivity contribution in [3.8, 4) is 22.6 Å². The summed E-state index contributed by atoms with van der Waals surface area (Å²) in [5.74, 6) is -2.37. The quantitative estimate of drug-likeness (QED) is 0.124. The molecule has 4 bridgehead atoms. The predicted molar refractivity (Wildman–Crippen MR) is 218 cm³/mol. The maximum atomic E-state index is 13.8. The van der Waals surface area contributed by atoms with Crippen molar-refractivity contribution < 1.29 is 29.4 Å². The first-order valence-electron chi connectivity index (χ1n) is 16.4. The molecular formula is C33H56Cl5N9O6. The Balaban J connectivity index is -0.00000500.